The Hall–Kier alpha value is -0.130. The summed E-state index contributed by atoms with van der Waals surface area (Å²) in [7, 11) is 2.20. The molecule has 1 N–H and O–H groups in total. The molecule has 0 unspecified atom stereocenters. The van der Waals surface area contributed by atoms with Crippen molar-refractivity contribution in [3.05, 3.63) is 33.3 Å². The molecule has 0 amide bonds. The first kappa shape index (κ1) is 16.2. The molecule has 1 heterocycles. The third kappa shape index (κ3) is 5.34. The number of nitrogens with zero attached hydrogens (tertiary/aromatic N) is 2. The molecule has 2 rings (SSSR count). The Kier molecular flexibility index (Phi) is 6.78. The van der Waals surface area contributed by atoms with Crippen LogP contribution in [0.5, 0.6) is 0 Å². The van der Waals surface area contributed by atoms with Gasteiger partial charge in [0.15, 0.2) is 0 Å². The van der Waals surface area contributed by atoms with Crippen LogP contribution < -0.4 is 5.32 Å². The van der Waals surface area contributed by atoms with E-state index in [0.717, 1.165) is 22.6 Å². The van der Waals surface area contributed by atoms with Crippen molar-refractivity contribution >= 4 is 27.5 Å². The largest absolute Gasteiger partial charge is 0.313 e. The summed E-state index contributed by atoms with van der Waals surface area (Å²) in [6.07, 6.45) is 1.20. The number of rotatable bonds is 6. The van der Waals surface area contributed by atoms with Crippen LogP contribution in [0.4, 0.5) is 0 Å². The summed E-state index contributed by atoms with van der Waals surface area (Å²) in [5.41, 5.74) is 1.26. The number of likely N-dealkylation sites (N-methyl/N-ethyl adjacent to an activating group) is 1. The molecule has 1 aromatic carbocycles. The van der Waals surface area contributed by atoms with Crippen molar-refractivity contribution in [3.8, 4) is 0 Å². The molecule has 0 spiro atoms. The monoisotopic (exact) mass is 359 g/mol. The molecule has 1 saturated heterocycles. The van der Waals surface area contributed by atoms with Gasteiger partial charge in [-0.15, -0.1) is 0 Å². The van der Waals surface area contributed by atoms with Crippen LogP contribution in [0.3, 0.4) is 0 Å². The van der Waals surface area contributed by atoms with E-state index < -0.39 is 0 Å². The SMILES string of the molecule is CN1CCN(CCCNCc2ccc(Cl)cc2Br)CC1. The van der Waals surface area contributed by atoms with Crippen LogP contribution in [0.25, 0.3) is 0 Å². The Morgan fingerprint density at radius 2 is 2.00 bits per heavy atom. The fourth-order valence-electron chi connectivity index (χ4n) is 2.39. The van der Waals surface area contributed by atoms with Crippen LogP contribution in [0, 0.1) is 0 Å². The first-order valence-electron chi connectivity index (χ1n) is 7.21. The summed E-state index contributed by atoms with van der Waals surface area (Å²) >= 11 is 9.48. The zero-order chi connectivity index (χ0) is 14.4. The standard InChI is InChI=1S/C15H23BrClN3/c1-19-7-9-20(10-8-19)6-2-5-18-12-13-3-4-14(17)11-15(13)16/h3-4,11,18H,2,5-10,12H2,1H3. The summed E-state index contributed by atoms with van der Waals surface area (Å²) in [6, 6.07) is 5.95. The molecule has 0 aromatic heterocycles. The molecule has 1 fully saturated rings. The molecule has 0 radical (unpaired) electrons. The lowest BCUT2D eigenvalue weighted by atomic mass is 10.2. The van der Waals surface area contributed by atoms with Crippen LogP contribution in [0.1, 0.15) is 12.0 Å². The quantitative estimate of drug-likeness (QED) is 0.787. The minimum Gasteiger partial charge on any atom is -0.313 e. The van der Waals surface area contributed by atoms with Crippen LogP contribution in [-0.4, -0.2) is 56.1 Å². The predicted octanol–water partition coefficient (Wildman–Crippen LogP) is 2.83. The van der Waals surface area contributed by atoms with E-state index in [1.165, 1.54) is 44.7 Å². The van der Waals surface area contributed by atoms with Crippen molar-refractivity contribution in [2.45, 2.75) is 13.0 Å². The number of nitrogens with one attached hydrogen (secondary N) is 1. The van der Waals surface area contributed by atoms with Crippen molar-refractivity contribution in [1.82, 2.24) is 15.1 Å². The Morgan fingerprint density at radius 3 is 2.70 bits per heavy atom. The van der Waals surface area contributed by atoms with E-state index in [2.05, 4.69) is 44.2 Å². The average molecular weight is 361 g/mol. The second-order valence-corrected chi connectivity index (χ2v) is 6.70. The van der Waals surface area contributed by atoms with Gasteiger partial charge in [0.1, 0.15) is 0 Å². The van der Waals surface area contributed by atoms with E-state index >= 15 is 0 Å². The van der Waals surface area contributed by atoms with Gasteiger partial charge >= 0.3 is 0 Å². The van der Waals surface area contributed by atoms with Gasteiger partial charge in [-0.1, -0.05) is 33.6 Å². The van der Waals surface area contributed by atoms with Crippen molar-refractivity contribution < 1.29 is 0 Å². The van der Waals surface area contributed by atoms with E-state index in [-0.39, 0.29) is 0 Å². The van der Waals surface area contributed by atoms with Gasteiger partial charge in [0, 0.05) is 42.2 Å². The number of halogens is 2. The zero-order valence-corrected chi connectivity index (χ0v) is 14.4. The van der Waals surface area contributed by atoms with Crippen LogP contribution >= 0.6 is 27.5 Å². The molecule has 1 aliphatic rings. The van der Waals surface area contributed by atoms with Gasteiger partial charge in [0.2, 0.25) is 0 Å². The molecular weight excluding hydrogens is 338 g/mol. The molecule has 0 saturated carbocycles. The van der Waals surface area contributed by atoms with Crippen molar-refractivity contribution in [2.24, 2.45) is 0 Å². The van der Waals surface area contributed by atoms with E-state index in [4.69, 9.17) is 11.6 Å². The Balaban J connectivity index is 1.59. The Labute approximate surface area is 135 Å². The second kappa shape index (κ2) is 8.35. The fraction of sp³-hybridized carbons (Fsp3) is 0.600. The van der Waals surface area contributed by atoms with Crippen LogP contribution in [-0.2, 0) is 6.54 Å². The van der Waals surface area contributed by atoms with Gasteiger partial charge < -0.3 is 15.1 Å². The molecule has 3 nitrogen and oxygen atoms in total. The number of hydrogen-bond donors (Lipinski definition) is 1. The van der Waals surface area contributed by atoms with Gasteiger partial charge in [-0.25, -0.2) is 0 Å². The highest BCUT2D eigenvalue weighted by atomic mass is 79.9. The molecular formula is C15H23BrClN3. The van der Waals surface area contributed by atoms with Gasteiger partial charge in [-0.3, -0.25) is 0 Å². The summed E-state index contributed by atoms with van der Waals surface area (Å²) in [5, 5.41) is 4.27. The first-order chi connectivity index (χ1) is 9.65. The van der Waals surface area contributed by atoms with Gasteiger partial charge in [-0.2, -0.15) is 0 Å². The van der Waals surface area contributed by atoms with Crippen LogP contribution in [0.15, 0.2) is 22.7 Å². The molecule has 1 aromatic rings. The van der Waals surface area contributed by atoms with E-state index in [1.807, 2.05) is 12.1 Å². The zero-order valence-electron chi connectivity index (χ0n) is 12.0. The van der Waals surface area contributed by atoms with Crippen molar-refractivity contribution in [3.63, 3.8) is 0 Å². The Bertz CT molecular complexity index is 420. The fourth-order valence-corrected chi connectivity index (χ4v) is 3.21. The molecule has 1 aliphatic heterocycles. The lowest BCUT2D eigenvalue weighted by Gasteiger charge is -2.32. The molecule has 0 bridgehead atoms. The summed E-state index contributed by atoms with van der Waals surface area (Å²) in [4.78, 5) is 4.95. The first-order valence-corrected chi connectivity index (χ1v) is 8.38. The third-order valence-corrected chi connectivity index (χ3v) is 4.73. The Morgan fingerprint density at radius 1 is 1.25 bits per heavy atom. The number of benzene rings is 1. The minimum atomic E-state index is 0.774. The lowest BCUT2D eigenvalue weighted by Crippen LogP contribution is -2.45. The van der Waals surface area contributed by atoms with E-state index in [9.17, 15) is 0 Å². The van der Waals surface area contributed by atoms with Crippen LogP contribution in [0.2, 0.25) is 5.02 Å². The second-order valence-electron chi connectivity index (χ2n) is 5.41. The average Bonchev–Trinajstić information content (AvgIpc) is 2.42. The smallest absolute Gasteiger partial charge is 0.0417 e. The highest BCUT2D eigenvalue weighted by Crippen LogP contribution is 2.21. The van der Waals surface area contributed by atoms with Gasteiger partial charge in [-0.05, 0) is 44.3 Å². The maximum Gasteiger partial charge on any atom is 0.0417 e. The summed E-state index contributed by atoms with van der Waals surface area (Å²) in [5.74, 6) is 0. The minimum absolute atomic E-state index is 0.774. The molecule has 5 heteroatoms. The normalized spacial score (nSPS) is 17.6. The van der Waals surface area contributed by atoms with Gasteiger partial charge in [0.05, 0.1) is 0 Å². The summed E-state index contributed by atoms with van der Waals surface area (Å²) < 4.78 is 1.08. The van der Waals surface area contributed by atoms with Crippen molar-refractivity contribution in [2.75, 3.05) is 46.3 Å². The third-order valence-electron chi connectivity index (χ3n) is 3.75. The number of piperazine rings is 1. The highest BCUT2D eigenvalue weighted by Gasteiger charge is 2.12. The summed E-state index contributed by atoms with van der Waals surface area (Å²) in [6.45, 7) is 7.96. The molecule has 0 atom stereocenters. The van der Waals surface area contributed by atoms with Gasteiger partial charge in [0.25, 0.3) is 0 Å². The maximum atomic E-state index is 5.94. The highest BCUT2D eigenvalue weighted by molar-refractivity contribution is 9.10. The topological polar surface area (TPSA) is 18.5 Å². The number of hydrogen-bond acceptors (Lipinski definition) is 3. The van der Waals surface area contributed by atoms with Crippen molar-refractivity contribution in [1.29, 1.82) is 0 Å². The molecule has 0 aliphatic carbocycles. The predicted molar refractivity (Wildman–Crippen MR) is 89.4 cm³/mol. The lowest BCUT2D eigenvalue weighted by molar-refractivity contribution is 0.153. The molecule has 20 heavy (non-hydrogen) atoms. The van der Waals surface area contributed by atoms with E-state index in [0.29, 0.717) is 0 Å². The van der Waals surface area contributed by atoms with E-state index in [1.54, 1.807) is 0 Å². The molecule has 112 valence electrons. The maximum absolute atomic E-state index is 5.94.